The molecule has 0 bridgehead atoms. The lowest BCUT2D eigenvalue weighted by Crippen LogP contribution is -2.06. The quantitative estimate of drug-likeness (QED) is 0.538. The van der Waals surface area contributed by atoms with Crippen molar-refractivity contribution in [2.24, 2.45) is 0 Å². The van der Waals surface area contributed by atoms with Gasteiger partial charge in [0.2, 0.25) is 0 Å². The molecule has 0 heterocycles. The average molecular weight is 335 g/mol. The van der Waals surface area contributed by atoms with Gasteiger partial charge >= 0.3 is 0 Å². The Kier molecular flexibility index (Phi) is 4.77. The standard InChI is InChI=1S/C20H17NO4/c1-14-11-12-18(21(23)24)17(13-14)20(22)16-9-5-6-10-19(16)25-15-7-3-2-4-8-15/h2-13,20,22H,1H3. The summed E-state index contributed by atoms with van der Waals surface area (Å²) in [5.41, 5.74) is 1.43. The number of hydrogen-bond acceptors (Lipinski definition) is 4. The third-order valence-corrected chi connectivity index (χ3v) is 3.86. The Morgan fingerprint density at radius 1 is 0.960 bits per heavy atom. The molecule has 3 aromatic carbocycles. The Hall–Kier alpha value is -3.18. The number of nitro groups is 1. The fourth-order valence-electron chi connectivity index (χ4n) is 2.64. The van der Waals surface area contributed by atoms with Crippen molar-refractivity contribution >= 4 is 5.69 Å². The fourth-order valence-corrected chi connectivity index (χ4v) is 2.64. The summed E-state index contributed by atoms with van der Waals surface area (Å²) in [6.07, 6.45) is -1.17. The SMILES string of the molecule is Cc1ccc([N+](=O)[O-])c(C(O)c2ccccc2Oc2ccccc2)c1. The number of aryl methyl sites for hydroxylation is 1. The predicted octanol–water partition coefficient (Wildman–Crippen LogP) is 4.78. The first-order valence-corrected chi connectivity index (χ1v) is 7.81. The van der Waals surface area contributed by atoms with Gasteiger partial charge < -0.3 is 9.84 Å². The number of aliphatic hydroxyl groups excluding tert-OH is 1. The molecule has 5 nitrogen and oxygen atoms in total. The van der Waals surface area contributed by atoms with Gasteiger partial charge in [0.05, 0.1) is 10.5 Å². The number of hydrogen-bond donors (Lipinski definition) is 1. The Bertz CT molecular complexity index is 893. The number of aliphatic hydroxyl groups is 1. The van der Waals surface area contributed by atoms with Crippen LogP contribution >= 0.6 is 0 Å². The van der Waals surface area contributed by atoms with E-state index in [1.165, 1.54) is 6.07 Å². The van der Waals surface area contributed by atoms with E-state index < -0.39 is 11.0 Å². The fraction of sp³-hybridized carbons (Fsp3) is 0.100. The van der Waals surface area contributed by atoms with Gasteiger partial charge in [-0.25, -0.2) is 0 Å². The number of rotatable bonds is 5. The maximum absolute atomic E-state index is 11.3. The van der Waals surface area contributed by atoms with Crippen molar-refractivity contribution in [2.75, 3.05) is 0 Å². The predicted molar refractivity (Wildman–Crippen MR) is 94.9 cm³/mol. The summed E-state index contributed by atoms with van der Waals surface area (Å²) >= 11 is 0. The van der Waals surface area contributed by atoms with Crippen LogP contribution in [0.4, 0.5) is 5.69 Å². The van der Waals surface area contributed by atoms with E-state index in [1.807, 2.05) is 25.1 Å². The normalized spacial score (nSPS) is 11.8. The monoisotopic (exact) mass is 335 g/mol. The minimum Gasteiger partial charge on any atom is -0.457 e. The van der Waals surface area contributed by atoms with E-state index in [0.717, 1.165) is 5.56 Å². The highest BCUT2D eigenvalue weighted by Gasteiger charge is 2.24. The topological polar surface area (TPSA) is 72.6 Å². The number of para-hydroxylation sites is 2. The van der Waals surface area contributed by atoms with Crippen LogP contribution in [0, 0.1) is 17.0 Å². The average Bonchev–Trinajstić information content (AvgIpc) is 2.62. The zero-order chi connectivity index (χ0) is 17.8. The van der Waals surface area contributed by atoms with E-state index in [0.29, 0.717) is 17.1 Å². The van der Waals surface area contributed by atoms with Crippen molar-refractivity contribution in [3.8, 4) is 11.5 Å². The van der Waals surface area contributed by atoms with E-state index in [-0.39, 0.29) is 11.3 Å². The van der Waals surface area contributed by atoms with Gasteiger partial charge in [-0.2, -0.15) is 0 Å². The molecule has 1 atom stereocenters. The summed E-state index contributed by atoms with van der Waals surface area (Å²) in [5, 5.41) is 22.1. The van der Waals surface area contributed by atoms with E-state index >= 15 is 0 Å². The lowest BCUT2D eigenvalue weighted by Gasteiger charge is -2.17. The van der Waals surface area contributed by atoms with Crippen molar-refractivity contribution < 1.29 is 14.8 Å². The molecule has 126 valence electrons. The molecule has 0 aliphatic heterocycles. The van der Waals surface area contributed by atoms with Gasteiger partial charge in [-0.3, -0.25) is 10.1 Å². The Balaban J connectivity index is 2.03. The van der Waals surface area contributed by atoms with Crippen LogP contribution in [0.3, 0.4) is 0 Å². The molecule has 0 radical (unpaired) electrons. The van der Waals surface area contributed by atoms with Gasteiger partial charge in [0, 0.05) is 11.6 Å². The molecule has 0 aromatic heterocycles. The van der Waals surface area contributed by atoms with Crippen LogP contribution < -0.4 is 4.74 Å². The van der Waals surface area contributed by atoms with Gasteiger partial charge in [0.15, 0.2) is 0 Å². The Labute approximate surface area is 145 Å². The number of nitro benzene ring substituents is 1. The van der Waals surface area contributed by atoms with Crippen molar-refractivity contribution in [1.82, 2.24) is 0 Å². The first kappa shape index (κ1) is 16.7. The van der Waals surface area contributed by atoms with E-state index in [4.69, 9.17) is 4.74 Å². The summed E-state index contributed by atoms with van der Waals surface area (Å²) in [5.74, 6) is 1.08. The number of ether oxygens (including phenoxy) is 1. The van der Waals surface area contributed by atoms with Gasteiger partial charge in [-0.15, -0.1) is 0 Å². The Morgan fingerprint density at radius 2 is 1.64 bits per heavy atom. The maximum Gasteiger partial charge on any atom is 0.275 e. The smallest absolute Gasteiger partial charge is 0.275 e. The summed E-state index contributed by atoms with van der Waals surface area (Å²) in [7, 11) is 0. The van der Waals surface area contributed by atoms with Gasteiger partial charge in [0.1, 0.15) is 17.6 Å². The summed E-state index contributed by atoms with van der Waals surface area (Å²) < 4.78 is 5.85. The highest BCUT2D eigenvalue weighted by atomic mass is 16.6. The molecule has 1 N–H and O–H groups in total. The molecular formula is C20H17NO4. The zero-order valence-electron chi connectivity index (χ0n) is 13.6. The maximum atomic E-state index is 11.3. The number of nitrogens with zero attached hydrogens (tertiary/aromatic N) is 1. The molecule has 3 aromatic rings. The first-order chi connectivity index (χ1) is 12.1. The third-order valence-electron chi connectivity index (χ3n) is 3.86. The summed E-state index contributed by atoms with van der Waals surface area (Å²) in [6, 6.07) is 20.9. The van der Waals surface area contributed by atoms with Crippen molar-refractivity contribution in [3.05, 3.63) is 99.6 Å². The van der Waals surface area contributed by atoms with Gasteiger partial charge in [-0.05, 0) is 31.2 Å². The van der Waals surface area contributed by atoms with Crippen molar-refractivity contribution in [2.45, 2.75) is 13.0 Å². The molecule has 0 aliphatic carbocycles. The molecule has 0 saturated carbocycles. The zero-order valence-corrected chi connectivity index (χ0v) is 13.6. The van der Waals surface area contributed by atoms with Gasteiger partial charge in [-0.1, -0.05) is 48.0 Å². The molecule has 0 spiro atoms. The molecule has 0 fully saturated rings. The second-order valence-electron chi connectivity index (χ2n) is 5.67. The van der Waals surface area contributed by atoms with Gasteiger partial charge in [0.25, 0.3) is 5.69 Å². The first-order valence-electron chi connectivity index (χ1n) is 7.81. The van der Waals surface area contributed by atoms with Crippen LogP contribution in [0.1, 0.15) is 22.8 Å². The Morgan fingerprint density at radius 3 is 2.36 bits per heavy atom. The molecule has 25 heavy (non-hydrogen) atoms. The minimum atomic E-state index is -1.17. The second-order valence-corrected chi connectivity index (χ2v) is 5.67. The van der Waals surface area contributed by atoms with E-state index in [9.17, 15) is 15.2 Å². The highest BCUT2D eigenvalue weighted by Crippen LogP contribution is 2.36. The molecule has 0 aliphatic rings. The molecule has 0 amide bonds. The van der Waals surface area contributed by atoms with Crippen LogP contribution in [0.25, 0.3) is 0 Å². The van der Waals surface area contributed by atoms with Crippen LogP contribution in [-0.2, 0) is 0 Å². The molecular weight excluding hydrogens is 318 g/mol. The highest BCUT2D eigenvalue weighted by molar-refractivity contribution is 5.50. The molecule has 0 saturated heterocycles. The van der Waals surface area contributed by atoms with Crippen LogP contribution in [0.5, 0.6) is 11.5 Å². The number of benzene rings is 3. The molecule has 1 unspecified atom stereocenters. The lowest BCUT2D eigenvalue weighted by molar-refractivity contribution is -0.386. The van der Waals surface area contributed by atoms with Crippen molar-refractivity contribution in [1.29, 1.82) is 0 Å². The van der Waals surface area contributed by atoms with Crippen LogP contribution in [0.15, 0.2) is 72.8 Å². The second kappa shape index (κ2) is 7.15. The van der Waals surface area contributed by atoms with Crippen LogP contribution in [0.2, 0.25) is 0 Å². The lowest BCUT2D eigenvalue weighted by atomic mass is 9.97. The van der Waals surface area contributed by atoms with E-state index in [1.54, 1.807) is 48.5 Å². The largest absolute Gasteiger partial charge is 0.457 e. The van der Waals surface area contributed by atoms with E-state index in [2.05, 4.69) is 0 Å². The van der Waals surface area contributed by atoms with Crippen LogP contribution in [-0.4, -0.2) is 10.0 Å². The third kappa shape index (κ3) is 3.67. The summed E-state index contributed by atoms with van der Waals surface area (Å²) in [6.45, 7) is 1.83. The van der Waals surface area contributed by atoms with Crippen molar-refractivity contribution in [3.63, 3.8) is 0 Å². The molecule has 5 heteroatoms. The summed E-state index contributed by atoms with van der Waals surface area (Å²) in [4.78, 5) is 10.8. The molecule has 3 rings (SSSR count). The minimum absolute atomic E-state index is 0.118.